The first-order chi connectivity index (χ1) is 17.7. The Morgan fingerprint density at radius 1 is 1.03 bits per heavy atom. The summed E-state index contributed by atoms with van der Waals surface area (Å²) in [5, 5.41) is 2.94. The molecule has 1 aromatic carbocycles. The van der Waals surface area contributed by atoms with E-state index >= 15 is 0 Å². The molecule has 0 saturated carbocycles. The van der Waals surface area contributed by atoms with E-state index in [1.54, 1.807) is 21.9 Å². The van der Waals surface area contributed by atoms with E-state index in [0.29, 0.717) is 31.4 Å². The van der Waals surface area contributed by atoms with Crippen LogP contribution in [0.5, 0.6) is 0 Å². The maximum Gasteiger partial charge on any atom is 0.251 e. The molecule has 202 valence electrons. The Hall–Kier alpha value is -2.94. The molecule has 3 saturated heterocycles. The first kappa shape index (κ1) is 27.1. The molecule has 3 fully saturated rings. The minimum atomic E-state index is -0.746. The number of likely N-dealkylation sites (tertiary alicyclic amines) is 2. The van der Waals surface area contributed by atoms with Gasteiger partial charge in [0.15, 0.2) is 5.78 Å². The van der Waals surface area contributed by atoms with Gasteiger partial charge in [0.1, 0.15) is 12.1 Å². The summed E-state index contributed by atoms with van der Waals surface area (Å²) in [5.41, 5.74) is 7.66. The fourth-order valence-electron chi connectivity index (χ4n) is 5.94. The minimum absolute atomic E-state index is 0.0140. The zero-order valence-electron chi connectivity index (χ0n) is 22.3. The number of Topliss-reactive ketones (excluding diaryl/α,β-unsaturated/α-hetero) is 1. The maximum atomic E-state index is 13.7. The van der Waals surface area contributed by atoms with Crippen molar-refractivity contribution in [3.8, 4) is 0 Å². The molecular weight excluding hydrogens is 470 g/mol. The van der Waals surface area contributed by atoms with Gasteiger partial charge >= 0.3 is 0 Å². The predicted molar refractivity (Wildman–Crippen MR) is 142 cm³/mol. The number of carbonyl (C=O) groups excluding carboxylic acids is 4. The standard InChI is InChI=1S/C28H41N5O4/c1-4-7-21(29)27(36)33-17-24(34)25-23(33)12-15-32(25)28(37)22(16-18(2)3)30-26(35)19-8-10-20(11-9-19)31-13-5-6-14-31/h8-11,18,21-23,25H,4-7,12-17,29H2,1-3H3,(H,30,35). The molecule has 9 heteroatoms. The van der Waals surface area contributed by atoms with Crippen molar-refractivity contribution in [2.24, 2.45) is 11.7 Å². The molecule has 0 spiro atoms. The number of amides is 3. The lowest BCUT2D eigenvalue weighted by Crippen LogP contribution is -2.53. The number of nitrogens with zero attached hydrogens (tertiary/aromatic N) is 3. The van der Waals surface area contributed by atoms with Crippen molar-refractivity contribution in [2.45, 2.75) is 83.5 Å². The van der Waals surface area contributed by atoms with Crippen LogP contribution in [0.3, 0.4) is 0 Å². The minimum Gasteiger partial charge on any atom is -0.372 e. The molecule has 3 heterocycles. The summed E-state index contributed by atoms with van der Waals surface area (Å²) in [4.78, 5) is 58.1. The van der Waals surface area contributed by atoms with Gasteiger partial charge in [-0.15, -0.1) is 0 Å². The number of carbonyl (C=O) groups is 4. The quantitative estimate of drug-likeness (QED) is 0.524. The van der Waals surface area contributed by atoms with E-state index < -0.39 is 18.1 Å². The van der Waals surface area contributed by atoms with Crippen LogP contribution < -0.4 is 16.0 Å². The number of fused-ring (bicyclic) bond motifs is 1. The fourth-order valence-corrected chi connectivity index (χ4v) is 5.94. The monoisotopic (exact) mass is 511 g/mol. The van der Waals surface area contributed by atoms with Gasteiger partial charge in [0, 0.05) is 30.9 Å². The summed E-state index contributed by atoms with van der Waals surface area (Å²) in [6.07, 6.45) is 4.70. The fraction of sp³-hybridized carbons (Fsp3) is 0.643. The first-order valence-electron chi connectivity index (χ1n) is 13.8. The lowest BCUT2D eigenvalue weighted by Gasteiger charge is -2.29. The number of rotatable bonds is 9. The van der Waals surface area contributed by atoms with Gasteiger partial charge in [0.2, 0.25) is 11.8 Å². The second-order valence-electron chi connectivity index (χ2n) is 11.1. The summed E-state index contributed by atoms with van der Waals surface area (Å²) in [6.45, 7) is 8.38. The van der Waals surface area contributed by atoms with Gasteiger partial charge in [-0.2, -0.15) is 0 Å². The van der Waals surface area contributed by atoms with Gasteiger partial charge < -0.3 is 25.8 Å². The SMILES string of the molecule is CCCC(N)C(=O)N1CC(=O)C2C1CCN2C(=O)C(CC(C)C)NC(=O)c1ccc(N2CCCC2)cc1. The van der Waals surface area contributed by atoms with Gasteiger partial charge in [0.25, 0.3) is 5.91 Å². The molecule has 4 atom stereocenters. The van der Waals surface area contributed by atoms with Crippen LogP contribution in [0.1, 0.15) is 69.7 Å². The van der Waals surface area contributed by atoms with E-state index in [4.69, 9.17) is 5.73 Å². The van der Waals surface area contributed by atoms with Crippen molar-refractivity contribution in [3.63, 3.8) is 0 Å². The summed E-state index contributed by atoms with van der Waals surface area (Å²) in [7, 11) is 0. The summed E-state index contributed by atoms with van der Waals surface area (Å²) in [5.74, 6) is -0.762. The molecule has 4 rings (SSSR count). The number of hydrogen-bond acceptors (Lipinski definition) is 6. The smallest absolute Gasteiger partial charge is 0.251 e. The average molecular weight is 512 g/mol. The van der Waals surface area contributed by atoms with Gasteiger partial charge in [-0.25, -0.2) is 0 Å². The van der Waals surface area contributed by atoms with Gasteiger partial charge in [0.05, 0.1) is 18.6 Å². The number of anilines is 1. The van der Waals surface area contributed by atoms with Crippen LogP contribution in [0.4, 0.5) is 5.69 Å². The summed E-state index contributed by atoms with van der Waals surface area (Å²) >= 11 is 0. The van der Waals surface area contributed by atoms with Crippen LogP contribution in [0, 0.1) is 5.92 Å². The lowest BCUT2D eigenvalue weighted by atomic mass is 10.0. The van der Waals surface area contributed by atoms with E-state index in [-0.39, 0.29) is 42.0 Å². The highest BCUT2D eigenvalue weighted by Crippen LogP contribution is 2.31. The Morgan fingerprint density at radius 2 is 1.70 bits per heavy atom. The average Bonchev–Trinajstić information content (AvgIpc) is 3.62. The molecule has 3 N–H and O–H groups in total. The van der Waals surface area contributed by atoms with E-state index in [0.717, 1.165) is 25.2 Å². The molecule has 4 unspecified atom stereocenters. The van der Waals surface area contributed by atoms with Crippen LogP contribution >= 0.6 is 0 Å². The Bertz CT molecular complexity index is 1000. The third-order valence-electron chi connectivity index (χ3n) is 7.82. The van der Waals surface area contributed by atoms with Crippen LogP contribution in [0.2, 0.25) is 0 Å². The lowest BCUT2D eigenvalue weighted by molar-refractivity contribution is -0.138. The predicted octanol–water partition coefficient (Wildman–Crippen LogP) is 1.94. The Morgan fingerprint density at radius 3 is 2.32 bits per heavy atom. The van der Waals surface area contributed by atoms with Crippen molar-refractivity contribution in [1.82, 2.24) is 15.1 Å². The normalized spacial score (nSPS) is 22.9. The van der Waals surface area contributed by atoms with Crippen molar-refractivity contribution < 1.29 is 19.2 Å². The molecule has 3 aliphatic heterocycles. The van der Waals surface area contributed by atoms with Crippen molar-refractivity contribution in [1.29, 1.82) is 0 Å². The highest BCUT2D eigenvalue weighted by atomic mass is 16.2. The number of ketones is 1. The number of nitrogens with one attached hydrogen (secondary N) is 1. The van der Waals surface area contributed by atoms with E-state index in [9.17, 15) is 19.2 Å². The topological polar surface area (TPSA) is 116 Å². The van der Waals surface area contributed by atoms with Crippen molar-refractivity contribution >= 4 is 29.2 Å². The van der Waals surface area contributed by atoms with E-state index in [1.165, 1.54) is 12.8 Å². The second-order valence-corrected chi connectivity index (χ2v) is 11.1. The van der Waals surface area contributed by atoms with Crippen LogP contribution in [0.15, 0.2) is 24.3 Å². The maximum absolute atomic E-state index is 13.7. The Labute approximate surface area is 219 Å². The van der Waals surface area contributed by atoms with Gasteiger partial charge in [-0.1, -0.05) is 27.2 Å². The number of hydrogen-bond donors (Lipinski definition) is 2. The third kappa shape index (κ3) is 5.81. The Kier molecular flexibility index (Phi) is 8.52. The second kappa shape index (κ2) is 11.6. The number of nitrogens with two attached hydrogens (primary N) is 1. The first-order valence-corrected chi connectivity index (χ1v) is 13.8. The van der Waals surface area contributed by atoms with Crippen LogP contribution in [0.25, 0.3) is 0 Å². The largest absolute Gasteiger partial charge is 0.372 e. The van der Waals surface area contributed by atoms with Crippen LogP contribution in [-0.2, 0) is 14.4 Å². The Balaban J connectivity index is 1.45. The highest BCUT2D eigenvalue weighted by Gasteiger charge is 2.52. The van der Waals surface area contributed by atoms with E-state index in [2.05, 4.69) is 10.2 Å². The molecule has 3 amide bonds. The van der Waals surface area contributed by atoms with E-state index in [1.807, 2.05) is 32.9 Å². The zero-order valence-corrected chi connectivity index (χ0v) is 22.3. The van der Waals surface area contributed by atoms with Crippen molar-refractivity contribution in [2.75, 3.05) is 31.1 Å². The molecule has 1 aromatic rings. The summed E-state index contributed by atoms with van der Waals surface area (Å²) in [6, 6.07) is 5.12. The molecule has 0 radical (unpaired) electrons. The molecule has 3 aliphatic rings. The zero-order chi connectivity index (χ0) is 26.7. The van der Waals surface area contributed by atoms with Crippen molar-refractivity contribution in [3.05, 3.63) is 29.8 Å². The molecular formula is C28H41N5O4. The molecule has 0 aliphatic carbocycles. The van der Waals surface area contributed by atoms with Crippen LogP contribution in [-0.4, -0.2) is 83.7 Å². The molecule has 9 nitrogen and oxygen atoms in total. The summed E-state index contributed by atoms with van der Waals surface area (Å²) < 4.78 is 0. The van der Waals surface area contributed by atoms with Gasteiger partial charge in [-0.3, -0.25) is 19.2 Å². The molecule has 37 heavy (non-hydrogen) atoms. The number of benzene rings is 1. The molecule has 0 aromatic heterocycles. The molecule has 0 bridgehead atoms. The third-order valence-corrected chi connectivity index (χ3v) is 7.82. The van der Waals surface area contributed by atoms with Gasteiger partial charge in [-0.05, 0) is 62.3 Å². The highest BCUT2D eigenvalue weighted by molar-refractivity contribution is 6.01.